The maximum Gasteiger partial charge on any atom is 0.252 e. The Bertz CT molecular complexity index is 842. The summed E-state index contributed by atoms with van der Waals surface area (Å²) in [5, 5.41) is 11.6. The van der Waals surface area contributed by atoms with E-state index >= 15 is 0 Å². The number of aryl methyl sites for hydroxylation is 3. The van der Waals surface area contributed by atoms with Gasteiger partial charge in [0.05, 0.1) is 17.3 Å². The number of hydrogen-bond acceptors (Lipinski definition) is 4. The highest BCUT2D eigenvalue weighted by molar-refractivity contribution is 6.06. The molecule has 0 spiro atoms. The molecule has 0 unspecified atom stereocenters. The molecule has 1 N–H and O–H groups in total. The normalized spacial score (nSPS) is 10.9. The van der Waals surface area contributed by atoms with Crippen LogP contribution in [0.25, 0.3) is 10.9 Å². The summed E-state index contributed by atoms with van der Waals surface area (Å²) >= 11 is 0. The first-order valence-electron chi connectivity index (χ1n) is 8.20. The van der Waals surface area contributed by atoms with Crippen LogP contribution in [0, 0.1) is 6.92 Å². The van der Waals surface area contributed by atoms with E-state index in [1.165, 1.54) is 5.56 Å². The quantitative estimate of drug-likeness (QED) is 0.708. The molecule has 124 valence electrons. The number of nitrogens with zero attached hydrogens (tertiary/aromatic N) is 4. The lowest BCUT2D eigenvalue weighted by molar-refractivity contribution is 0.0954. The average molecular weight is 323 g/mol. The van der Waals surface area contributed by atoms with E-state index in [0.29, 0.717) is 12.1 Å². The summed E-state index contributed by atoms with van der Waals surface area (Å²) in [6, 6.07) is 7.97. The fraction of sp³-hybridized carbons (Fsp3) is 0.333. The first-order chi connectivity index (χ1) is 11.7. The predicted octanol–water partition coefficient (Wildman–Crippen LogP) is 2.52. The Labute approximate surface area is 140 Å². The molecule has 0 atom stereocenters. The predicted molar refractivity (Wildman–Crippen MR) is 92.8 cm³/mol. The Balaban J connectivity index is 1.73. The van der Waals surface area contributed by atoms with Crippen molar-refractivity contribution in [1.29, 1.82) is 0 Å². The number of carbonyl (C=O) groups is 1. The maximum atomic E-state index is 12.6. The maximum absolute atomic E-state index is 12.6. The Morgan fingerprint density at radius 2 is 2.17 bits per heavy atom. The molecule has 24 heavy (non-hydrogen) atoms. The zero-order chi connectivity index (χ0) is 16.9. The van der Waals surface area contributed by atoms with Gasteiger partial charge in [-0.1, -0.05) is 18.2 Å². The minimum Gasteiger partial charge on any atom is -0.352 e. The molecule has 2 heterocycles. The lowest BCUT2D eigenvalue weighted by Crippen LogP contribution is -2.25. The van der Waals surface area contributed by atoms with Gasteiger partial charge in [-0.2, -0.15) is 0 Å². The van der Waals surface area contributed by atoms with Crippen LogP contribution in [-0.2, 0) is 13.0 Å². The molecule has 0 saturated heterocycles. The molecule has 0 bridgehead atoms. The van der Waals surface area contributed by atoms with E-state index < -0.39 is 0 Å². The number of nitrogens with one attached hydrogen (secondary N) is 1. The number of hydrogen-bond donors (Lipinski definition) is 1. The Morgan fingerprint density at radius 1 is 1.29 bits per heavy atom. The van der Waals surface area contributed by atoms with Gasteiger partial charge in [0, 0.05) is 30.4 Å². The summed E-state index contributed by atoms with van der Waals surface area (Å²) in [7, 11) is 0. The lowest BCUT2D eigenvalue weighted by Gasteiger charge is -2.10. The fourth-order valence-electron chi connectivity index (χ4n) is 2.70. The van der Waals surface area contributed by atoms with Crippen LogP contribution < -0.4 is 5.32 Å². The van der Waals surface area contributed by atoms with Gasteiger partial charge < -0.3 is 5.32 Å². The molecule has 0 saturated carbocycles. The first kappa shape index (κ1) is 16.1. The second-order valence-corrected chi connectivity index (χ2v) is 5.79. The molecule has 0 fully saturated rings. The van der Waals surface area contributed by atoms with Crippen LogP contribution >= 0.6 is 0 Å². The second kappa shape index (κ2) is 7.21. The number of pyridine rings is 1. The summed E-state index contributed by atoms with van der Waals surface area (Å²) in [6.07, 6.45) is 5.20. The van der Waals surface area contributed by atoms with E-state index in [2.05, 4.69) is 39.7 Å². The fourth-order valence-corrected chi connectivity index (χ4v) is 2.70. The lowest BCUT2D eigenvalue weighted by atomic mass is 10.0. The van der Waals surface area contributed by atoms with Crippen molar-refractivity contribution in [3.8, 4) is 0 Å². The monoisotopic (exact) mass is 323 g/mol. The van der Waals surface area contributed by atoms with E-state index in [1.807, 2.05) is 25.3 Å². The van der Waals surface area contributed by atoms with Crippen molar-refractivity contribution < 1.29 is 4.79 Å². The molecular weight excluding hydrogens is 302 g/mol. The number of amides is 1. The van der Waals surface area contributed by atoms with E-state index in [1.54, 1.807) is 10.9 Å². The number of fused-ring (bicyclic) bond motifs is 1. The Hall–Kier alpha value is -2.76. The average Bonchev–Trinajstić information content (AvgIpc) is 3.10. The topological polar surface area (TPSA) is 72.7 Å². The van der Waals surface area contributed by atoms with E-state index in [0.717, 1.165) is 36.0 Å². The van der Waals surface area contributed by atoms with Gasteiger partial charge in [0.2, 0.25) is 0 Å². The number of benzene rings is 1. The van der Waals surface area contributed by atoms with Crippen LogP contribution in [0.4, 0.5) is 0 Å². The molecule has 0 radical (unpaired) electrons. The van der Waals surface area contributed by atoms with Crippen LogP contribution in [-0.4, -0.2) is 32.4 Å². The standard InChI is InChI=1S/C18H21N5O/c1-3-14-5-6-17-15(12-14)16(11-13(2)21-17)18(24)19-7-4-9-23-10-8-20-22-23/h5-6,8,10-12H,3-4,7,9H2,1-2H3,(H,19,24). The van der Waals surface area contributed by atoms with E-state index in [-0.39, 0.29) is 5.91 Å². The largest absolute Gasteiger partial charge is 0.352 e. The smallest absolute Gasteiger partial charge is 0.252 e. The molecule has 2 aromatic heterocycles. The highest BCUT2D eigenvalue weighted by atomic mass is 16.1. The van der Waals surface area contributed by atoms with Crippen molar-refractivity contribution >= 4 is 16.8 Å². The van der Waals surface area contributed by atoms with Crippen LogP contribution in [0.15, 0.2) is 36.7 Å². The van der Waals surface area contributed by atoms with E-state index in [4.69, 9.17) is 0 Å². The van der Waals surface area contributed by atoms with Crippen molar-refractivity contribution in [2.45, 2.75) is 33.2 Å². The molecule has 1 aromatic carbocycles. The van der Waals surface area contributed by atoms with Crippen molar-refractivity contribution in [3.63, 3.8) is 0 Å². The number of rotatable bonds is 6. The third kappa shape index (κ3) is 3.59. The Kier molecular flexibility index (Phi) is 4.84. The van der Waals surface area contributed by atoms with Gasteiger partial charge in [-0.15, -0.1) is 5.10 Å². The molecule has 3 rings (SSSR count). The van der Waals surface area contributed by atoms with Gasteiger partial charge in [0.15, 0.2) is 0 Å². The summed E-state index contributed by atoms with van der Waals surface area (Å²) in [5.74, 6) is -0.0580. The Morgan fingerprint density at radius 3 is 2.92 bits per heavy atom. The molecule has 3 aromatic rings. The van der Waals surface area contributed by atoms with Crippen LogP contribution in [0.1, 0.15) is 35.0 Å². The zero-order valence-electron chi connectivity index (χ0n) is 14.0. The van der Waals surface area contributed by atoms with Crippen molar-refractivity contribution in [1.82, 2.24) is 25.3 Å². The molecule has 0 aliphatic rings. The molecule has 0 aliphatic carbocycles. The van der Waals surface area contributed by atoms with Gasteiger partial charge in [-0.3, -0.25) is 14.5 Å². The van der Waals surface area contributed by atoms with Crippen molar-refractivity contribution in [2.24, 2.45) is 0 Å². The van der Waals surface area contributed by atoms with Gasteiger partial charge in [0.1, 0.15) is 0 Å². The van der Waals surface area contributed by atoms with Gasteiger partial charge in [-0.25, -0.2) is 0 Å². The minimum absolute atomic E-state index is 0.0580. The summed E-state index contributed by atoms with van der Waals surface area (Å²) in [5.41, 5.74) is 3.60. The number of carbonyl (C=O) groups excluding carboxylic acids is 1. The molecule has 1 amide bonds. The van der Waals surface area contributed by atoms with Crippen molar-refractivity contribution in [2.75, 3.05) is 6.54 Å². The first-order valence-corrected chi connectivity index (χ1v) is 8.20. The van der Waals surface area contributed by atoms with Crippen LogP contribution in [0.5, 0.6) is 0 Å². The third-order valence-corrected chi connectivity index (χ3v) is 3.98. The third-order valence-electron chi connectivity index (χ3n) is 3.98. The highest BCUT2D eigenvalue weighted by Gasteiger charge is 2.12. The summed E-state index contributed by atoms with van der Waals surface area (Å²) < 4.78 is 1.76. The van der Waals surface area contributed by atoms with E-state index in [9.17, 15) is 4.79 Å². The summed E-state index contributed by atoms with van der Waals surface area (Å²) in [4.78, 5) is 17.1. The zero-order valence-corrected chi connectivity index (χ0v) is 14.0. The molecule has 0 aliphatic heterocycles. The second-order valence-electron chi connectivity index (χ2n) is 5.79. The van der Waals surface area contributed by atoms with Crippen LogP contribution in [0.2, 0.25) is 0 Å². The van der Waals surface area contributed by atoms with Gasteiger partial charge >= 0.3 is 0 Å². The van der Waals surface area contributed by atoms with Gasteiger partial charge in [0.25, 0.3) is 5.91 Å². The molecule has 6 heteroatoms. The molecule has 6 nitrogen and oxygen atoms in total. The SMILES string of the molecule is CCc1ccc2nc(C)cc(C(=O)NCCCn3ccnn3)c2c1. The highest BCUT2D eigenvalue weighted by Crippen LogP contribution is 2.20. The van der Waals surface area contributed by atoms with Crippen molar-refractivity contribution in [3.05, 3.63) is 53.5 Å². The van der Waals surface area contributed by atoms with Crippen LogP contribution in [0.3, 0.4) is 0 Å². The minimum atomic E-state index is -0.0580. The summed E-state index contributed by atoms with van der Waals surface area (Å²) in [6.45, 7) is 5.34. The van der Waals surface area contributed by atoms with Gasteiger partial charge in [-0.05, 0) is 43.5 Å². The molecular formula is C18H21N5O. The number of aromatic nitrogens is 4.